The van der Waals surface area contributed by atoms with E-state index in [4.69, 9.17) is 8.83 Å². The predicted octanol–water partition coefficient (Wildman–Crippen LogP) is 4.33. The zero-order valence-corrected chi connectivity index (χ0v) is 16.7. The van der Waals surface area contributed by atoms with Crippen LogP contribution in [0.3, 0.4) is 0 Å². The molecule has 6 aromatic heterocycles. The average Bonchev–Trinajstić information content (AvgIpc) is 3.39. The van der Waals surface area contributed by atoms with E-state index in [0.29, 0.717) is 39.0 Å². The number of fused-ring (bicyclic) bond motifs is 9. The van der Waals surface area contributed by atoms with Gasteiger partial charge in [0, 0.05) is 0 Å². The molecule has 0 aliphatic carbocycles. The van der Waals surface area contributed by atoms with Crippen LogP contribution in [0.15, 0.2) is 50.9 Å². The molecule has 0 fully saturated rings. The van der Waals surface area contributed by atoms with Crippen LogP contribution in [0.1, 0.15) is 0 Å². The van der Waals surface area contributed by atoms with Crippen molar-refractivity contribution in [1.82, 2.24) is 0 Å². The van der Waals surface area contributed by atoms with Crippen molar-refractivity contribution in [3.8, 4) is 0 Å². The molecule has 0 saturated heterocycles. The fourth-order valence-electron chi connectivity index (χ4n) is 3.30. The third-order valence-corrected chi connectivity index (χ3v) is 9.19. The van der Waals surface area contributed by atoms with E-state index in [1.807, 2.05) is 0 Å². The summed E-state index contributed by atoms with van der Waals surface area (Å²) in [5, 5.41) is 4.73. The first kappa shape index (κ1) is 16.3. The quantitative estimate of drug-likeness (QED) is 0.346. The van der Waals surface area contributed by atoms with E-state index in [9.17, 15) is 19.2 Å². The fraction of sp³-hybridized carbons (Fsp3) is 0. The Hall–Kier alpha value is -2.66. The largest absolute Gasteiger partial charge is 0.386 e. The number of rotatable bonds is 0. The summed E-state index contributed by atoms with van der Waals surface area (Å²) in [6.07, 6.45) is 0. The Labute approximate surface area is 168 Å². The molecule has 136 valence electrons. The molecule has 6 nitrogen and oxygen atoms in total. The third kappa shape index (κ3) is 1.95. The van der Waals surface area contributed by atoms with Gasteiger partial charge in [0.15, 0.2) is 0 Å². The van der Waals surface area contributed by atoms with Crippen molar-refractivity contribution in [2.75, 3.05) is 0 Å². The summed E-state index contributed by atoms with van der Waals surface area (Å²) in [7, 11) is 0. The van der Waals surface area contributed by atoms with Crippen molar-refractivity contribution in [3.63, 3.8) is 0 Å². The average molecular weight is 444 g/mol. The van der Waals surface area contributed by atoms with Gasteiger partial charge in [0.05, 0.1) is 49.7 Å². The molecule has 6 aromatic rings. The lowest BCUT2D eigenvalue weighted by Crippen LogP contribution is -2.04. The topological polar surface area (TPSA) is 94.6 Å². The highest BCUT2D eigenvalue weighted by molar-refractivity contribution is 7.39. The van der Waals surface area contributed by atoms with E-state index in [1.165, 1.54) is 45.3 Å². The van der Waals surface area contributed by atoms with Gasteiger partial charge < -0.3 is 8.83 Å². The maximum absolute atomic E-state index is 12.7. The van der Waals surface area contributed by atoms with E-state index in [1.54, 1.807) is 22.9 Å². The van der Waals surface area contributed by atoms with Crippen LogP contribution in [-0.2, 0) is 0 Å². The lowest BCUT2D eigenvalue weighted by molar-refractivity contribution is 0.491. The third-order valence-electron chi connectivity index (χ3n) is 4.48. The predicted molar refractivity (Wildman–Crippen MR) is 115 cm³/mol. The minimum Gasteiger partial charge on any atom is -0.386 e. The monoisotopic (exact) mass is 444 g/mol. The second-order valence-electron chi connectivity index (χ2n) is 5.95. The van der Waals surface area contributed by atoms with Crippen molar-refractivity contribution in [2.45, 2.75) is 0 Å². The fourth-order valence-corrected chi connectivity index (χ4v) is 8.22. The molecule has 0 N–H and O–H groups in total. The molecular formula is C18H4O6S4. The van der Waals surface area contributed by atoms with Gasteiger partial charge in [0.25, 0.3) is 0 Å². The number of hydrogen-bond donors (Lipinski definition) is 0. The Morgan fingerprint density at radius 1 is 0.536 bits per heavy atom. The Morgan fingerprint density at radius 3 is 1.36 bits per heavy atom. The van der Waals surface area contributed by atoms with E-state index >= 15 is 0 Å². The smallest absolute Gasteiger partial charge is 0.349 e. The molecular weight excluding hydrogens is 440 g/mol. The van der Waals surface area contributed by atoms with Crippen LogP contribution in [-0.4, -0.2) is 0 Å². The van der Waals surface area contributed by atoms with Gasteiger partial charge in [-0.15, -0.1) is 45.3 Å². The Bertz CT molecular complexity index is 1720. The van der Waals surface area contributed by atoms with Crippen molar-refractivity contribution in [2.24, 2.45) is 0 Å². The molecule has 0 amide bonds. The van der Waals surface area contributed by atoms with Crippen molar-refractivity contribution < 1.29 is 8.83 Å². The zero-order valence-electron chi connectivity index (χ0n) is 13.4. The molecule has 6 heterocycles. The molecule has 6 rings (SSSR count). The SMILES string of the molecule is O=c1oc(=O)c2c(sc3c2sc2c4sccc4c(=O)oc(=O)c23)c2sccc12. The Morgan fingerprint density at radius 2 is 0.929 bits per heavy atom. The van der Waals surface area contributed by atoms with Gasteiger partial charge in [0.1, 0.15) is 0 Å². The van der Waals surface area contributed by atoms with Gasteiger partial charge in [-0.05, 0) is 22.9 Å². The van der Waals surface area contributed by atoms with Crippen LogP contribution < -0.4 is 22.5 Å². The second-order valence-corrected chi connectivity index (χ2v) is 9.82. The molecule has 0 aliphatic rings. The van der Waals surface area contributed by atoms with Crippen LogP contribution in [0, 0.1) is 0 Å². The van der Waals surface area contributed by atoms with Crippen LogP contribution in [0.25, 0.3) is 49.7 Å². The molecule has 0 spiro atoms. The van der Waals surface area contributed by atoms with Crippen LogP contribution >= 0.6 is 45.3 Å². The van der Waals surface area contributed by atoms with Gasteiger partial charge in [0.2, 0.25) is 0 Å². The maximum atomic E-state index is 12.7. The van der Waals surface area contributed by atoms with Crippen molar-refractivity contribution in [3.05, 3.63) is 64.6 Å². The van der Waals surface area contributed by atoms with E-state index < -0.39 is 22.5 Å². The highest BCUT2D eigenvalue weighted by atomic mass is 32.1. The minimum atomic E-state index is -0.734. The minimum absolute atomic E-state index is 0.282. The summed E-state index contributed by atoms with van der Waals surface area (Å²) in [6, 6.07) is 3.23. The summed E-state index contributed by atoms with van der Waals surface area (Å²) in [6.45, 7) is 0. The Balaban J connectivity index is 2.03. The van der Waals surface area contributed by atoms with Gasteiger partial charge in [-0.1, -0.05) is 0 Å². The van der Waals surface area contributed by atoms with Crippen LogP contribution in [0.5, 0.6) is 0 Å². The first-order valence-electron chi connectivity index (χ1n) is 7.82. The van der Waals surface area contributed by atoms with Crippen LogP contribution in [0.4, 0.5) is 0 Å². The molecule has 0 saturated carbocycles. The molecule has 0 radical (unpaired) electrons. The molecule has 0 unspecified atom stereocenters. The zero-order chi connectivity index (χ0) is 19.2. The van der Waals surface area contributed by atoms with E-state index in [0.717, 1.165) is 0 Å². The maximum Gasteiger partial charge on any atom is 0.349 e. The number of thiophene rings is 4. The van der Waals surface area contributed by atoms with Crippen molar-refractivity contribution in [1.29, 1.82) is 0 Å². The highest BCUT2D eigenvalue weighted by Crippen LogP contribution is 2.45. The Kier molecular flexibility index (Phi) is 3.17. The van der Waals surface area contributed by atoms with Gasteiger partial charge in [-0.3, -0.25) is 0 Å². The summed E-state index contributed by atoms with van der Waals surface area (Å²) in [5.41, 5.74) is -2.83. The first-order chi connectivity index (χ1) is 13.5. The first-order valence-corrected chi connectivity index (χ1v) is 11.2. The normalized spacial score (nSPS) is 12.1. The lowest BCUT2D eigenvalue weighted by Gasteiger charge is -1.83. The second kappa shape index (κ2) is 5.45. The number of hydrogen-bond acceptors (Lipinski definition) is 10. The summed E-state index contributed by atoms with van der Waals surface area (Å²) >= 11 is 5.14. The molecule has 0 atom stereocenters. The molecule has 10 heteroatoms. The van der Waals surface area contributed by atoms with E-state index in [2.05, 4.69) is 0 Å². The molecule has 0 bridgehead atoms. The highest BCUT2D eigenvalue weighted by Gasteiger charge is 2.22. The van der Waals surface area contributed by atoms with Gasteiger partial charge in [-0.2, -0.15) is 0 Å². The molecule has 0 aliphatic heterocycles. The van der Waals surface area contributed by atoms with Gasteiger partial charge >= 0.3 is 22.5 Å². The standard InChI is InChI=1S/C18H4O6S4/c19-15-5-1-3-25-9(5)11-7(17(21)23-15)13-14(27-11)8-12(28-13)10-6(2-4-26-10)16(20)24-18(8)22/h1-4H. The summed E-state index contributed by atoms with van der Waals surface area (Å²) in [5.74, 6) is 0. The molecule has 0 aromatic carbocycles. The summed E-state index contributed by atoms with van der Waals surface area (Å²) < 4.78 is 13.6. The lowest BCUT2D eigenvalue weighted by atomic mass is 10.3. The summed E-state index contributed by atoms with van der Waals surface area (Å²) in [4.78, 5) is 49.7. The van der Waals surface area contributed by atoms with Crippen LogP contribution in [0.2, 0.25) is 0 Å². The molecule has 28 heavy (non-hydrogen) atoms. The van der Waals surface area contributed by atoms with E-state index in [-0.39, 0.29) is 10.8 Å². The van der Waals surface area contributed by atoms with Gasteiger partial charge in [-0.25, -0.2) is 19.2 Å². The van der Waals surface area contributed by atoms with Crippen molar-refractivity contribution >= 4 is 95.1 Å².